The van der Waals surface area contributed by atoms with E-state index in [9.17, 15) is 9.59 Å². The lowest BCUT2D eigenvalue weighted by molar-refractivity contribution is -0.690. The highest BCUT2D eigenvalue weighted by Crippen LogP contribution is 2.23. The number of rotatable bonds is 5. The van der Waals surface area contributed by atoms with Crippen molar-refractivity contribution in [2.45, 2.75) is 13.5 Å². The molecule has 0 spiro atoms. The van der Waals surface area contributed by atoms with E-state index in [1.807, 2.05) is 42.0 Å². The summed E-state index contributed by atoms with van der Waals surface area (Å²) in [4.78, 5) is 25.3. The van der Waals surface area contributed by atoms with Crippen molar-refractivity contribution in [3.63, 3.8) is 0 Å². The van der Waals surface area contributed by atoms with Crippen LogP contribution in [0.2, 0.25) is 5.02 Å². The molecule has 130 valence electrons. The maximum absolute atomic E-state index is 12.8. The van der Waals surface area contributed by atoms with Gasteiger partial charge in [-0.15, -0.1) is 0 Å². The monoisotopic (exact) mass is 365 g/mol. The van der Waals surface area contributed by atoms with E-state index in [1.165, 1.54) is 0 Å². The summed E-state index contributed by atoms with van der Waals surface area (Å²) in [6.45, 7) is 2.09. The van der Waals surface area contributed by atoms with E-state index >= 15 is 0 Å². The van der Waals surface area contributed by atoms with Gasteiger partial charge in [-0.05, 0) is 18.2 Å². The molecule has 1 aromatic heterocycles. The number of aryl methyl sites for hydroxylation is 1. The molecular weight excluding hydrogens is 348 g/mol. The first kappa shape index (κ1) is 17.8. The first-order chi connectivity index (χ1) is 12.5. The van der Waals surface area contributed by atoms with Crippen LogP contribution in [0.25, 0.3) is 0 Å². The van der Waals surface area contributed by atoms with Crippen molar-refractivity contribution < 1.29 is 14.2 Å². The summed E-state index contributed by atoms with van der Waals surface area (Å²) in [6, 6.07) is 19.5. The number of aromatic nitrogens is 1. The second kappa shape index (κ2) is 7.93. The molecule has 0 atom stereocenters. The van der Waals surface area contributed by atoms with Crippen molar-refractivity contribution in [1.29, 1.82) is 0 Å². The predicted molar refractivity (Wildman–Crippen MR) is 101 cm³/mol. The second-order valence-electron chi connectivity index (χ2n) is 5.90. The lowest BCUT2D eigenvalue weighted by Crippen LogP contribution is -2.42. The zero-order chi connectivity index (χ0) is 18.5. The molecule has 1 N–H and O–H groups in total. The number of carbonyl (C=O) groups is 2. The number of hydrogen-bond acceptors (Lipinski definition) is 2. The van der Waals surface area contributed by atoms with Gasteiger partial charge in [0.2, 0.25) is 6.54 Å². The Bertz CT molecular complexity index is 955. The average molecular weight is 366 g/mol. The third-order valence-electron chi connectivity index (χ3n) is 4.02. The number of anilines is 1. The number of benzene rings is 2. The Balaban J connectivity index is 1.85. The quantitative estimate of drug-likeness (QED) is 0.552. The molecule has 0 bridgehead atoms. The van der Waals surface area contributed by atoms with Crippen molar-refractivity contribution in [1.82, 2.24) is 0 Å². The van der Waals surface area contributed by atoms with Gasteiger partial charge in [-0.3, -0.25) is 9.59 Å². The Morgan fingerprint density at radius 3 is 2.46 bits per heavy atom. The molecule has 5 heteroatoms. The van der Waals surface area contributed by atoms with Crippen LogP contribution in [0.15, 0.2) is 72.9 Å². The van der Waals surface area contributed by atoms with E-state index in [0.29, 0.717) is 21.8 Å². The zero-order valence-electron chi connectivity index (χ0n) is 14.3. The lowest BCUT2D eigenvalue weighted by Gasteiger charge is -2.10. The molecule has 0 aliphatic heterocycles. The molecule has 0 radical (unpaired) electrons. The van der Waals surface area contributed by atoms with Crippen LogP contribution in [0.1, 0.15) is 21.6 Å². The summed E-state index contributed by atoms with van der Waals surface area (Å²) < 4.78 is 1.84. The molecule has 0 aliphatic carbocycles. The predicted octanol–water partition coefficient (Wildman–Crippen LogP) is 3.81. The molecule has 4 nitrogen and oxygen atoms in total. The minimum absolute atomic E-state index is 0.161. The van der Waals surface area contributed by atoms with Gasteiger partial charge in [0.15, 0.2) is 17.7 Å². The fourth-order valence-corrected chi connectivity index (χ4v) is 2.81. The van der Waals surface area contributed by atoms with Crippen molar-refractivity contribution in [2.75, 3.05) is 5.32 Å². The van der Waals surface area contributed by atoms with Crippen LogP contribution < -0.4 is 9.88 Å². The lowest BCUT2D eigenvalue weighted by atomic mass is 10.0. The number of amides is 1. The first-order valence-corrected chi connectivity index (χ1v) is 8.56. The Kier molecular flexibility index (Phi) is 5.44. The normalized spacial score (nSPS) is 10.4. The van der Waals surface area contributed by atoms with Crippen LogP contribution in [0.5, 0.6) is 0 Å². The van der Waals surface area contributed by atoms with E-state index in [2.05, 4.69) is 5.32 Å². The highest BCUT2D eigenvalue weighted by Gasteiger charge is 2.18. The summed E-state index contributed by atoms with van der Waals surface area (Å²) in [7, 11) is 0. The van der Waals surface area contributed by atoms with Crippen LogP contribution in [-0.4, -0.2) is 11.7 Å². The molecule has 0 saturated carbocycles. The average Bonchev–Trinajstić information content (AvgIpc) is 2.65. The molecule has 26 heavy (non-hydrogen) atoms. The van der Waals surface area contributed by atoms with E-state index in [1.54, 1.807) is 42.5 Å². The third kappa shape index (κ3) is 4.16. The summed E-state index contributed by atoms with van der Waals surface area (Å²) in [6.07, 6.45) is 1.84. The maximum Gasteiger partial charge on any atom is 0.290 e. The van der Waals surface area contributed by atoms with E-state index in [0.717, 1.165) is 5.69 Å². The summed E-state index contributed by atoms with van der Waals surface area (Å²) in [5.74, 6) is -0.402. The number of nitrogens with one attached hydrogen (secondary N) is 1. The molecule has 0 aliphatic rings. The number of carbonyl (C=O) groups excluding carboxylic acids is 2. The topological polar surface area (TPSA) is 50.0 Å². The minimum Gasteiger partial charge on any atom is -0.320 e. The molecule has 3 rings (SSSR count). The second-order valence-corrected chi connectivity index (χ2v) is 6.34. The van der Waals surface area contributed by atoms with Gasteiger partial charge in [-0.2, -0.15) is 4.57 Å². The van der Waals surface area contributed by atoms with Gasteiger partial charge in [0, 0.05) is 35.2 Å². The van der Waals surface area contributed by atoms with Gasteiger partial charge in [0.05, 0.1) is 5.69 Å². The van der Waals surface area contributed by atoms with Crippen molar-refractivity contribution in [2.24, 2.45) is 0 Å². The van der Waals surface area contributed by atoms with Gasteiger partial charge >= 0.3 is 0 Å². The minimum atomic E-state index is -0.214. The van der Waals surface area contributed by atoms with Crippen molar-refractivity contribution in [3.8, 4) is 0 Å². The van der Waals surface area contributed by atoms with Crippen molar-refractivity contribution in [3.05, 3.63) is 94.8 Å². The van der Waals surface area contributed by atoms with Crippen LogP contribution >= 0.6 is 11.6 Å². The highest BCUT2D eigenvalue weighted by atomic mass is 35.5. The van der Waals surface area contributed by atoms with Crippen LogP contribution in [0.4, 0.5) is 5.69 Å². The van der Waals surface area contributed by atoms with Gasteiger partial charge in [-0.25, -0.2) is 0 Å². The molecule has 1 heterocycles. The zero-order valence-corrected chi connectivity index (χ0v) is 15.0. The molecule has 3 aromatic rings. The third-order valence-corrected chi connectivity index (χ3v) is 4.25. The Morgan fingerprint density at radius 2 is 1.73 bits per heavy atom. The van der Waals surface area contributed by atoms with Gasteiger partial charge < -0.3 is 5.32 Å². The van der Waals surface area contributed by atoms with E-state index in [4.69, 9.17) is 11.6 Å². The molecule has 2 aromatic carbocycles. The maximum atomic E-state index is 12.8. The molecule has 0 fully saturated rings. The first-order valence-electron chi connectivity index (χ1n) is 8.19. The SMILES string of the molecule is Cc1cccc[n+]1CC(=O)Nc1ccc(Cl)cc1C(=O)c1ccccc1. The summed E-state index contributed by atoms with van der Waals surface area (Å²) in [5, 5.41) is 3.27. The van der Waals surface area contributed by atoms with Gasteiger partial charge in [0.25, 0.3) is 5.91 Å². The number of hydrogen-bond donors (Lipinski definition) is 1. The van der Waals surface area contributed by atoms with Crippen LogP contribution in [-0.2, 0) is 11.3 Å². The summed E-state index contributed by atoms with van der Waals surface area (Å²) >= 11 is 6.07. The molecule has 0 unspecified atom stereocenters. The Morgan fingerprint density at radius 1 is 1.00 bits per heavy atom. The van der Waals surface area contributed by atoms with Crippen LogP contribution in [0.3, 0.4) is 0 Å². The summed E-state index contributed by atoms with van der Waals surface area (Å²) in [5.41, 5.74) is 2.33. The largest absolute Gasteiger partial charge is 0.320 e. The number of pyridine rings is 1. The fourth-order valence-electron chi connectivity index (χ4n) is 2.64. The fraction of sp³-hybridized carbons (Fsp3) is 0.0952. The Labute approximate surface area is 157 Å². The molecule has 1 amide bonds. The molecular formula is C21H18ClN2O2+. The van der Waals surface area contributed by atoms with Gasteiger partial charge in [0.1, 0.15) is 0 Å². The standard InChI is InChI=1S/C21H17ClN2O2/c1-15-7-5-6-12-24(15)14-20(25)23-19-11-10-17(22)13-18(19)21(26)16-8-3-2-4-9-16/h2-13H,14H2,1H3/p+1. The number of nitrogens with zero attached hydrogens (tertiary/aromatic N) is 1. The van der Waals surface area contributed by atoms with Crippen molar-refractivity contribution >= 4 is 29.0 Å². The van der Waals surface area contributed by atoms with Crippen LogP contribution in [0, 0.1) is 6.92 Å². The van der Waals surface area contributed by atoms with Gasteiger partial charge in [-0.1, -0.05) is 48.0 Å². The Hall–Kier alpha value is -2.98. The molecule has 0 saturated heterocycles. The van der Waals surface area contributed by atoms with E-state index in [-0.39, 0.29) is 18.2 Å². The van der Waals surface area contributed by atoms with E-state index < -0.39 is 0 Å². The number of halogens is 1. The smallest absolute Gasteiger partial charge is 0.290 e. The highest BCUT2D eigenvalue weighted by molar-refractivity contribution is 6.31. The number of ketones is 1.